The van der Waals surface area contributed by atoms with E-state index in [-0.39, 0.29) is 23.5 Å². The summed E-state index contributed by atoms with van der Waals surface area (Å²) < 4.78 is 8.39. The zero-order valence-electron chi connectivity index (χ0n) is 24.5. The highest BCUT2D eigenvalue weighted by Gasteiger charge is 2.19. The minimum Gasteiger partial charge on any atom is -0.463 e. The van der Waals surface area contributed by atoms with Crippen molar-refractivity contribution in [2.45, 2.75) is 73.1 Å². The number of esters is 1. The Morgan fingerprint density at radius 3 is 1.75 bits per heavy atom. The average molecular weight is 551 g/mol. The zero-order chi connectivity index (χ0) is 29.7. The highest BCUT2D eigenvalue weighted by atomic mass is 16.5. The molecule has 0 aliphatic heterocycles. The van der Waals surface area contributed by atoms with Crippen LogP contribution in [0.1, 0.15) is 69.4 Å². The van der Waals surface area contributed by atoms with Crippen LogP contribution in [-0.2, 0) is 22.4 Å². The van der Waals surface area contributed by atoms with Crippen LogP contribution >= 0.6 is 0 Å². The molecule has 40 heavy (non-hydrogen) atoms. The van der Waals surface area contributed by atoms with Gasteiger partial charge < -0.3 is 20.5 Å². The van der Waals surface area contributed by atoms with Crippen LogP contribution in [0, 0.1) is 13.8 Å². The van der Waals surface area contributed by atoms with Crippen LogP contribution < -0.4 is 10.6 Å². The number of aromatic nitrogens is 8. The summed E-state index contributed by atoms with van der Waals surface area (Å²) in [6.07, 6.45) is 3.46. The number of methoxy groups -OCH3 is 1. The van der Waals surface area contributed by atoms with E-state index in [1.165, 1.54) is 7.11 Å². The van der Waals surface area contributed by atoms with Crippen molar-refractivity contribution in [3.63, 3.8) is 0 Å². The van der Waals surface area contributed by atoms with Crippen LogP contribution in [-0.4, -0.2) is 57.7 Å². The molecule has 0 amide bonds. The van der Waals surface area contributed by atoms with Gasteiger partial charge in [0.2, 0.25) is 5.82 Å². The van der Waals surface area contributed by atoms with Crippen molar-refractivity contribution >= 4 is 29.2 Å². The van der Waals surface area contributed by atoms with E-state index in [9.17, 15) is 4.79 Å². The van der Waals surface area contributed by atoms with Crippen LogP contribution in [0.25, 0.3) is 0 Å². The number of nitrogens with zero attached hydrogens (tertiary/aromatic N) is 8. The van der Waals surface area contributed by atoms with Crippen LogP contribution in [0.5, 0.6) is 0 Å². The first-order chi connectivity index (χ1) is 18.7. The van der Waals surface area contributed by atoms with E-state index in [4.69, 9.17) is 5.11 Å². The molecular weight excluding hydrogens is 512 g/mol. The fraction of sp³-hybridized carbons (Fsp3) is 0.444. The Morgan fingerprint density at radius 2 is 1.30 bits per heavy atom. The predicted octanol–water partition coefficient (Wildman–Crippen LogP) is 4.24. The van der Waals surface area contributed by atoms with Crippen molar-refractivity contribution in [3.8, 4) is 0 Å². The second-order valence-electron chi connectivity index (χ2n) is 11.0. The number of carbonyl (C=O) groups excluding carboxylic acids is 1. The molecule has 0 fully saturated rings. The van der Waals surface area contributed by atoms with Crippen molar-refractivity contribution in [2.75, 3.05) is 17.7 Å². The molecule has 4 rings (SSSR count). The molecule has 0 spiro atoms. The number of anilines is 4. The molecular formula is C27H38N10O3. The molecule has 4 heterocycles. The van der Waals surface area contributed by atoms with E-state index in [1.54, 1.807) is 25.4 Å². The maximum Gasteiger partial charge on any atom is 0.376 e. The lowest BCUT2D eigenvalue weighted by Gasteiger charge is -2.22. The van der Waals surface area contributed by atoms with Gasteiger partial charge in [0.1, 0.15) is 29.9 Å². The third-order valence-electron chi connectivity index (χ3n) is 5.33. The molecule has 0 aliphatic rings. The summed E-state index contributed by atoms with van der Waals surface area (Å²) in [5.41, 5.74) is 1.20. The van der Waals surface area contributed by atoms with E-state index in [1.807, 2.05) is 34.5 Å². The van der Waals surface area contributed by atoms with Gasteiger partial charge in [-0.1, -0.05) is 0 Å². The lowest BCUT2D eigenvalue weighted by Crippen LogP contribution is -2.24. The van der Waals surface area contributed by atoms with Gasteiger partial charge in [-0.3, -0.25) is 0 Å². The molecule has 0 aromatic carbocycles. The van der Waals surface area contributed by atoms with E-state index < -0.39 is 5.97 Å². The normalized spacial score (nSPS) is 11.4. The molecule has 0 atom stereocenters. The first kappa shape index (κ1) is 30.2. The van der Waals surface area contributed by atoms with Crippen molar-refractivity contribution in [3.05, 3.63) is 59.7 Å². The number of nitrogens with one attached hydrogen (secondary N) is 2. The average Bonchev–Trinajstić information content (AvgIpc) is 3.52. The monoisotopic (exact) mass is 550 g/mol. The van der Waals surface area contributed by atoms with Gasteiger partial charge in [0.25, 0.3) is 0 Å². The Bertz CT molecular complexity index is 1450. The second kappa shape index (κ2) is 12.2. The van der Waals surface area contributed by atoms with Crippen LogP contribution in [0.15, 0.2) is 36.7 Å². The molecule has 0 aliphatic carbocycles. The van der Waals surface area contributed by atoms with E-state index in [0.717, 1.165) is 17.3 Å². The predicted molar refractivity (Wildman–Crippen MR) is 152 cm³/mol. The van der Waals surface area contributed by atoms with Crippen LogP contribution in [0.2, 0.25) is 0 Å². The summed E-state index contributed by atoms with van der Waals surface area (Å²) in [7, 11) is 1.30. The maximum absolute atomic E-state index is 11.6. The van der Waals surface area contributed by atoms with Gasteiger partial charge >= 0.3 is 5.97 Å². The third kappa shape index (κ3) is 7.82. The third-order valence-corrected chi connectivity index (χ3v) is 5.33. The standard InChI is InChI=1S/C14H19N5O2.C13H19N5O/c1-9-8-10(18-12(16-9)13(20)21-5)17-11-6-7-15-19(11)14(2,3)4;1-9-7-10(16-11(8-19)15-9)17-12-5-6-14-18(12)13(2,3)4/h6-8H,1-5H3,(H,16,17,18);5-7,19H,8H2,1-4H3,(H,15,16,17). The minimum absolute atomic E-state index is 0.0295. The summed E-state index contributed by atoms with van der Waals surface area (Å²) in [6, 6.07) is 7.33. The Balaban J connectivity index is 0.000000222. The van der Waals surface area contributed by atoms with Gasteiger partial charge in [-0.25, -0.2) is 34.1 Å². The Morgan fingerprint density at radius 1 is 0.825 bits per heavy atom. The lowest BCUT2D eigenvalue weighted by atomic mass is 10.1. The minimum atomic E-state index is -0.564. The van der Waals surface area contributed by atoms with Gasteiger partial charge in [0, 0.05) is 35.7 Å². The summed E-state index contributed by atoms with van der Waals surface area (Å²) in [5.74, 6) is 2.69. The summed E-state index contributed by atoms with van der Waals surface area (Å²) in [6.45, 7) is 15.9. The Hall–Kier alpha value is -4.39. The lowest BCUT2D eigenvalue weighted by molar-refractivity contribution is 0.0586. The van der Waals surface area contributed by atoms with Gasteiger partial charge in [0.05, 0.1) is 30.6 Å². The van der Waals surface area contributed by atoms with E-state index in [0.29, 0.717) is 23.2 Å². The molecule has 0 saturated heterocycles. The van der Waals surface area contributed by atoms with Crippen molar-refractivity contribution in [2.24, 2.45) is 0 Å². The number of ether oxygens (including phenoxy) is 1. The SMILES string of the molecule is COC(=O)c1nc(C)cc(Nc2ccnn2C(C)(C)C)n1.Cc1cc(Nc2ccnn2C(C)(C)C)nc(CO)n1. The molecule has 13 heteroatoms. The van der Waals surface area contributed by atoms with E-state index >= 15 is 0 Å². The quantitative estimate of drug-likeness (QED) is 0.295. The number of aliphatic hydroxyl groups excluding tert-OH is 1. The van der Waals surface area contributed by atoms with Crippen LogP contribution in [0.4, 0.5) is 23.3 Å². The topological polar surface area (TPSA) is 158 Å². The van der Waals surface area contributed by atoms with Crippen molar-refractivity contribution in [1.82, 2.24) is 39.5 Å². The molecule has 0 saturated carbocycles. The van der Waals surface area contributed by atoms with E-state index in [2.05, 4.69) is 87.0 Å². The maximum atomic E-state index is 11.6. The number of rotatable bonds is 6. The second-order valence-corrected chi connectivity index (χ2v) is 11.0. The molecule has 214 valence electrons. The smallest absolute Gasteiger partial charge is 0.376 e. The van der Waals surface area contributed by atoms with Crippen LogP contribution in [0.3, 0.4) is 0 Å². The zero-order valence-corrected chi connectivity index (χ0v) is 24.5. The summed E-state index contributed by atoms with van der Waals surface area (Å²) in [5, 5.41) is 24.1. The van der Waals surface area contributed by atoms with Gasteiger partial charge in [-0.05, 0) is 55.4 Å². The van der Waals surface area contributed by atoms with Crippen molar-refractivity contribution in [1.29, 1.82) is 0 Å². The highest BCUT2D eigenvalue weighted by molar-refractivity contribution is 5.85. The fourth-order valence-corrected chi connectivity index (χ4v) is 3.71. The number of hydrogen-bond acceptors (Lipinski definition) is 11. The van der Waals surface area contributed by atoms with Gasteiger partial charge in [0.15, 0.2) is 5.82 Å². The first-order valence-electron chi connectivity index (χ1n) is 12.7. The Kier molecular flexibility index (Phi) is 9.20. The molecule has 4 aromatic rings. The van der Waals surface area contributed by atoms with Crippen molar-refractivity contribution < 1.29 is 14.6 Å². The van der Waals surface area contributed by atoms with Gasteiger partial charge in [-0.2, -0.15) is 10.2 Å². The Labute approximate surface area is 234 Å². The fourth-order valence-electron chi connectivity index (χ4n) is 3.71. The molecule has 0 unspecified atom stereocenters. The summed E-state index contributed by atoms with van der Waals surface area (Å²) >= 11 is 0. The number of aryl methyl sites for hydroxylation is 2. The molecule has 3 N–H and O–H groups in total. The highest BCUT2D eigenvalue weighted by Crippen LogP contribution is 2.23. The largest absolute Gasteiger partial charge is 0.463 e. The molecule has 0 bridgehead atoms. The number of aliphatic hydroxyl groups is 1. The first-order valence-corrected chi connectivity index (χ1v) is 12.7. The number of carbonyl (C=O) groups is 1. The molecule has 0 radical (unpaired) electrons. The van der Waals surface area contributed by atoms with Gasteiger partial charge in [-0.15, -0.1) is 0 Å². The summed E-state index contributed by atoms with van der Waals surface area (Å²) in [4.78, 5) is 28.1. The number of hydrogen-bond donors (Lipinski definition) is 3. The molecule has 4 aromatic heterocycles. The molecule has 13 nitrogen and oxygen atoms in total.